The summed E-state index contributed by atoms with van der Waals surface area (Å²) in [7, 11) is 0. The highest BCUT2D eigenvalue weighted by molar-refractivity contribution is 5.95. The fraction of sp³-hybridized carbons (Fsp3) is 0.393. The lowest BCUT2D eigenvalue weighted by Gasteiger charge is -2.26. The largest absolute Gasteiger partial charge is 0.480 e. The van der Waals surface area contributed by atoms with Crippen molar-refractivity contribution in [3.05, 3.63) is 66.0 Å². The number of benzene rings is 2. The van der Waals surface area contributed by atoms with Crippen molar-refractivity contribution in [3.8, 4) is 17.1 Å². The molecular formula is C28H31N5O4. The minimum absolute atomic E-state index is 0.0184. The Balaban J connectivity index is 1.48. The number of amides is 2. The normalized spacial score (nSPS) is 16.1. The Bertz CT molecular complexity index is 1260. The Morgan fingerprint density at radius 2 is 1.57 bits per heavy atom. The molecule has 9 heteroatoms. The Kier molecular flexibility index (Phi) is 7.30. The molecule has 0 spiro atoms. The fourth-order valence-electron chi connectivity index (χ4n) is 5.24. The van der Waals surface area contributed by atoms with E-state index < -0.39 is 11.9 Å². The number of hydrogen-bond donors (Lipinski definition) is 1. The summed E-state index contributed by atoms with van der Waals surface area (Å²) in [4.78, 5) is 45.8. The molecule has 2 amide bonds. The van der Waals surface area contributed by atoms with E-state index in [0.29, 0.717) is 17.1 Å². The molecule has 3 aromatic rings. The molecule has 0 radical (unpaired) electrons. The molecule has 1 saturated carbocycles. The van der Waals surface area contributed by atoms with E-state index in [4.69, 9.17) is 0 Å². The van der Waals surface area contributed by atoms with Crippen molar-refractivity contribution in [1.82, 2.24) is 24.6 Å². The molecule has 0 bridgehead atoms. The quantitative estimate of drug-likeness (QED) is 0.524. The summed E-state index contributed by atoms with van der Waals surface area (Å²) in [5.74, 6) is -1.09. The number of carbonyl (C=O) groups is 3. The Hall–Kier alpha value is -4.01. The number of likely N-dealkylation sites (tertiary alicyclic amines) is 1. The maximum Gasteiger partial charge on any atom is 0.323 e. The molecule has 1 saturated heterocycles. The van der Waals surface area contributed by atoms with E-state index >= 15 is 0 Å². The van der Waals surface area contributed by atoms with Crippen LogP contribution in [0.15, 0.2) is 54.6 Å². The zero-order valence-corrected chi connectivity index (χ0v) is 20.8. The van der Waals surface area contributed by atoms with Gasteiger partial charge in [-0.05, 0) is 56.4 Å². The third-order valence-electron chi connectivity index (χ3n) is 7.16. The van der Waals surface area contributed by atoms with Crippen molar-refractivity contribution in [2.75, 3.05) is 19.6 Å². The first-order valence-corrected chi connectivity index (χ1v) is 13.0. The lowest BCUT2D eigenvalue weighted by Crippen LogP contribution is -2.42. The summed E-state index contributed by atoms with van der Waals surface area (Å²) >= 11 is 0. The SMILES string of the molecule is O=C(O)CN(C(=O)c1nc(-c2ccccc2)n(-c2ccc(C(=O)N3CCCCC3)cc2)n1)C1CCCC1. The van der Waals surface area contributed by atoms with Crippen LogP contribution in [0.5, 0.6) is 0 Å². The topological polar surface area (TPSA) is 109 Å². The monoisotopic (exact) mass is 501 g/mol. The van der Waals surface area contributed by atoms with Crippen LogP contribution in [-0.2, 0) is 4.79 Å². The van der Waals surface area contributed by atoms with Gasteiger partial charge in [0.15, 0.2) is 5.82 Å². The van der Waals surface area contributed by atoms with E-state index in [1.165, 1.54) is 4.90 Å². The van der Waals surface area contributed by atoms with Crippen LogP contribution in [-0.4, -0.2) is 73.1 Å². The van der Waals surface area contributed by atoms with Crippen LogP contribution in [0.1, 0.15) is 65.9 Å². The van der Waals surface area contributed by atoms with Crippen LogP contribution < -0.4 is 0 Å². The summed E-state index contributed by atoms with van der Waals surface area (Å²) in [6.45, 7) is 1.17. The predicted molar refractivity (Wildman–Crippen MR) is 137 cm³/mol. The van der Waals surface area contributed by atoms with E-state index in [2.05, 4.69) is 10.1 Å². The molecule has 9 nitrogen and oxygen atoms in total. The number of aromatic nitrogens is 3. The number of carbonyl (C=O) groups excluding carboxylic acids is 2. The number of piperidine rings is 1. The second-order valence-electron chi connectivity index (χ2n) is 9.70. The van der Waals surface area contributed by atoms with Crippen molar-refractivity contribution in [1.29, 1.82) is 0 Å². The number of aliphatic carboxylic acids is 1. The molecule has 0 unspecified atom stereocenters. The van der Waals surface area contributed by atoms with Crippen molar-refractivity contribution in [2.45, 2.75) is 51.0 Å². The molecule has 1 aliphatic carbocycles. The average molecular weight is 502 g/mol. The number of nitrogens with zero attached hydrogens (tertiary/aromatic N) is 5. The van der Waals surface area contributed by atoms with Gasteiger partial charge >= 0.3 is 5.97 Å². The second kappa shape index (κ2) is 10.9. The predicted octanol–water partition coefficient (Wildman–Crippen LogP) is 4.03. The molecule has 192 valence electrons. The van der Waals surface area contributed by atoms with E-state index in [1.807, 2.05) is 35.2 Å². The molecule has 1 N–H and O–H groups in total. The summed E-state index contributed by atoms with van der Waals surface area (Å²) in [5, 5.41) is 14.0. The van der Waals surface area contributed by atoms with Crippen molar-refractivity contribution in [2.24, 2.45) is 0 Å². The fourth-order valence-corrected chi connectivity index (χ4v) is 5.24. The number of rotatable bonds is 7. The number of carboxylic acids is 1. The summed E-state index contributed by atoms with van der Waals surface area (Å²) in [6, 6.07) is 16.5. The summed E-state index contributed by atoms with van der Waals surface area (Å²) in [6.07, 6.45) is 6.69. The molecule has 2 aliphatic rings. The van der Waals surface area contributed by atoms with Crippen molar-refractivity contribution in [3.63, 3.8) is 0 Å². The van der Waals surface area contributed by atoms with Gasteiger partial charge in [-0.1, -0.05) is 43.2 Å². The summed E-state index contributed by atoms with van der Waals surface area (Å²) < 4.78 is 1.59. The van der Waals surface area contributed by atoms with E-state index in [9.17, 15) is 19.5 Å². The molecule has 2 aromatic carbocycles. The van der Waals surface area contributed by atoms with Crippen molar-refractivity contribution < 1.29 is 19.5 Å². The minimum Gasteiger partial charge on any atom is -0.480 e. The molecule has 2 heterocycles. The molecular weight excluding hydrogens is 470 g/mol. The molecule has 1 aliphatic heterocycles. The smallest absolute Gasteiger partial charge is 0.323 e. The maximum atomic E-state index is 13.5. The van der Waals surface area contributed by atoms with Gasteiger partial charge < -0.3 is 14.9 Å². The van der Waals surface area contributed by atoms with Crippen LogP contribution in [0.2, 0.25) is 0 Å². The van der Waals surface area contributed by atoms with Crippen LogP contribution >= 0.6 is 0 Å². The lowest BCUT2D eigenvalue weighted by atomic mass is 10.1. The highest BCUT2D eigenvalue weighted by Gasteiger charge is 2.32. The number of hydrogen-bond acceptors (Lipinski definition) is 5. The number of carboxylic acid groups (broad SMARTS) is 1. The maximum absolute atomic E-state index is 13.5. The first-order valence-electron chi connectivity index (χ1n) is 13.0. The van der Waals surface area contributed by atoms with Gasteiger partial charge in [0, 0.05) is 30.3 Å². The van der Waals surface area contributed by atoms with E-state index in [0.717, 1.165) is 63.6 Å². The van der Waals surface area contributed by atoms with E-state index in [-0.39, 0.29) is 24.3 Å². The molecule has 2 fully saturated rings. The zero-order valence-electron chi connectivity index (χ0n) is 20.8. The lowest BCUT2D eigenvalue weighted by molar-refractivity contribution is -0.138. The molecule has 1 aromatic heterocycles. The molecule has 5 rings (SSSR count). The highest BCUT2D eigenvalue weighted by atomic mass is 16.4. The van der Waals surface area contributed by atoms with Crippen LogP contribution in [0.3, 0.4) is 0 Å². The van der Waals surface area contributed by atoms with Gasteiger partial charge in [-0.15, -0.1) is 5.10 Å². The third-order valence-corrected chi connectivity index (χ3v) is 7.16. The average Bonchev–Trinajstić information content (AvgIpc) is 3.63. The van der Waals surface area contributed by atoms with Gasteiger partial charge in [0.2, 0.25) is 5.82 Å². The van der Waals surface area contributed by atoms with E-state index in [1.54, 1.807) is 28.9 Å². The van der Waals surface area contributed by atoms with Gasteiger partial charge in [0.05, 0.1) is 5.69 Å². The Morgan fingerprint density at radius 3 is 2.22 bits per heavy atom. The van der Waals surface area contributed by atoms with Crippen LogP contribution in [0.25, 0.3) is 17.1 Å². The van der Waals surface area contributed by atoms with Crippen LogP contribution in [0.4, 0.5) is 0 Å². The standard InChI is InChI=1S/C28H31N5O4/c34-24(35)19-32(22-11-5-6-12-22)28(37)25-29-26(20-9-3-1-4-10-20)33(30-25)23-15-13-21(14-16-23)27(36)31-17-7-2-8-18-31/h1,3-4,9-10,13-16,22H,2,5-8,11-12,17-19H2,(H,34,35). The van der Waals surface area contributed by atoms with Gasteiger partial charge in [0.1, 0.15) is 6.54 Å². The first kappa shape index (κ1) is 24.7. The highest BCUT2D eigenvalue weighted by Crippen LogP contribution is 2.26. The second-order valence-corrected chi connectivity index (χ2v) is 9.70. The van der Waals surface area contributed by atoms with Gasteiger partial charge in [0.25, 0.3) is 11.8 Å². The Labute approximate surface area is 215 Å². The van der Waals surface area contributed by atoms with Crippen molar-refractivity contribution >= 4 is 17.8 Å². The van der Waals surface area contributed by atoms with Gasteiger partial charge in [-0.3, -0.25) is 14.4 Å². The summed E-state index contributed by atoms with van der Waals surface area (Å²) in [5.41, 5.74) is 2.04. The molecule has 0 atom stereocenters. The zero-order chi connectivity index (χ0) is 25.8. The Morgan fingerprint density at radius 1 is 0.892 bits per heavy atom. The van der Waals surface area contributed by atoms with Gasteiger partial charge in [-0.2, -0.15) is 0 Å². The molecule has 37 heavy (non-hydrogen) atoms. The van der Waals surface area contributed by atoms with Gasteiger partial charge in [-0.25, -0.2) is 9.67 Å². The first-order chi connectivity index (χ1) is 18.0. The minimum atomic E-state index is -1.06. The van der Waals surface area contributed by atoms with Crippen LogP contribution in [0, 0.1) is 0 Å². The third kappa shape index (κ3) is 5.40.